The SMILES string of the molecule is Cn1cc(-c2cnc3nnc(Cc4cccc(-c5ncc(O)cn5)c4)n3c2)cn1. The summed E-state index contributed by atoms with van der Waals surface area (Å²) in [5, 5.41) is 22.1. The van der Waals surface area contributed by atoms with Gasteiger partial charge in [0.25, 0.3) is 5.78 Å². The lowest BCUT2D eigenvalue weighted by Gasteiger charge is -2.05. The van der Waals surface area contributed by atoms with E-state index < -0.39 is 0 Å². The van der Waals surface area contributed by atoms with Crippen molar-refractivity contribution in [3.05, 3.63) is 72.8 Å². The number of aromatic hydroxyl groups is 1. The molecule has 4 aromatic heterocycles. The molecule has 9 nitrogen and oxygen atoms in total. The molecular formula is C20H16N8O. The summed E-state index contributed by atoms with van der Waals surface area (Å²) in [5.41, 5.74) is 3.83. The van der Waals surface area contributed by atoms with E-state index in [9.17, 15) is 5.11 Å². The standard InChI is InChI=1S/C20H16N8O/c1-27-11-16(8-24-27)15-7-23-20-26-25-18(28(20)12-15)6-13-3-2-4-14(5-13)19-21-9-17(29)10-22-19/h2-5,7-12,29H,6H2,1H3. The molecule has 0 amide bonds. The van der Waals surface area contributed by atoms with Crippen LogP contribution in [0.15, 0.2) is 61.4 Å². The number of rotatable bonds is 4. The minimum absolute atomic E-state index is 0.0387. The molecule has 0 radical (unpaired) electrons. The average Bonchev–Trinajstić information content (AvgIpc) is 3.35. The lowest BCUT2D eigenvalue weighted by molar-refractivity contribution is 0.470. The number of fused-ring (bicyclic) bond motifs is 1. The van der Waals surface area contributed by atoms with Gasteiger partial charge in [-0.1, -0.05) is 18.2 Å². The van der Waals surface area contributed by atoms with Gasteiger partial charge in [-0.25, -0.2) is 15.0 Å². The van der Waals surface area contributed by atoms with Crippen molar-refractivity contribution in [3.63, 3.8) is 0 Å². The number of hydrogen-bond donors (Lipinski definition) is 1. The van der Waals surface area contributed by atoms with Gasteiger partial charge in [-0.05, 0) is 11.6 Å². The Morgan fingerprint density at radius 3 is 2.52 bits per heavy atom. The molecule has 142 valence electrons. The summed E-state index contributed by atoms with van der Waals surface area (Å²) >= 11 is 0. The molecule has 5 aromatic rings. The minimum atomic E-state index is 0.0387. The molecule has 0 spiro atoms. The second kappa shape index (κ2) is 6.79. The lowest BCUT2D eigenvalue weighted by atomic mass is 10.1. The predicted molar refractivity (Wildman–Crippen MR) is 105 cm³/mol. The zero-order chi connectivity index (χ0) is 19.8. The third-order valence-corrected chi connectivity index (χ3v) is 4.56. The largest absolute Gasteiger partial charge is 0.505 e. The Balaban J connectivity index is 1.49. The summed E-state index contributed by atoms with van der Waals surface area (Å²) in [4.78, 5) is 12.8. The first kappa shape index (κ1) is 17.0. The van der Waals surface area contributed by atoms with Gasteiger partial charge in [0.15, 0.2) is 11.6 Å². The van der Waals surface area contributed by atoms with Crippen molar-refractivity contribution < 1.29 is 5.11 Å². The third-order valence-electron chi connectivity index (χ3n) is 4.56. The molecule has 29 heavy (non-hydrogen) atoms. The van der Waals surface area contributed by atoms with Gasteiger partial charge in [0.05, 0.1) is 18.6 Å². The summed E-state index contributed by atoms with van der Waals surface area (Å²) in [7, 11) is 1.88. The normalized spacial score (nSPS) is 11.2. The van der Waals surface area contributed by atoms with Crippen LogP contribution in [-0.4, -0.2) is 44.4 Å². The molecule has 1 aromatic carbocycles. The van der Waals surface area contributed by atoms with Gasteiger partial charge in [0.2, 0.25) is 0 Å². The van der Waals surface area contributed by atoms with Crippen LogP contribution in [0.3, 0.4) is 0 Å². The number of nitrogens with zero attached hydrogens (tertiary/aromatic N) is 8. The molecule has 0 aliphatic heterocycles. The Morgan fingerprint density at radius 1 is 0.897 bits per heavy atom. The summed E-state index contributed by atoms with van der Waals surface area (Å²) in [6.45, 7) is 0. The van der Waals surface area contributed by atoms with E-state index in [1.807, 2.05) is 48.1 Å². The van der Waals surface area contributed by atoms with Gasteiger partial charge < -0.3 is 5.11 Å². The highest BCUT2D eigenvalue weighted by Crippen LogP contribution is 2.21. The van der Waals surface area contributed by atoms with E-state index in [0.29, 0.717) is 18.0 Å². The first-order valence-corrected chi connectivity index (χ1v) is 8.95. The van der Waals surface area contributed by atoms with Gasteiger partial charge in [-0.2, -0.15) is 5.10 Å². The zero-order valence-corrected chi connectivity index (χ0v) is 15.5. The van der Waals surface area contributed by atoms with Crippen LogP contribution in [0.2, 0.25) is 0 Å². The van der Waals surface area contributed by atoms with Crippen LogP contribution < -0.4 is 0 Å². The Bertz CT molecular complexity index is 1310. The van der Waals surface area contributed by atoms with Crippen LogP contribution in [0, 0.1) is 0 Å². The molecule has 5 rings (SSSR count). The maximum Gasteiger partial charge on any atom is 0.254 e. The van der Waals surface area contributed by atoms with Crippen molar-refractivity contribution in [1.82, 2.24) is 39.3 Å². The van der Waals surface area contributed by atoms with Crippen LogP contribution in [-0.2, 0) is 13.5 Å². The molecule has 0 aliphatic rings. The number of aryl methyl sites for hydroxylation is 1. The van der Waals surface area contributed by atoms with E-state index in [4.69, 9.17) is 0 Å². The summed E-state index contributed by atoms with van der Waals surface area (Å²) in [6, 6.07) is 7.90. The maximum atomic E-state index is 9.38. The number of hydrogen-bond acceptors (Lipinski definition) is 7. The highest BCUT2D eigenvalue weighted by Gasteiger charge is 2.11. The van der Waals surface area contributed by atoms with Gasteiger partial charge in [-0.3, -0.25) is 9.08 Å². The van der Waals surface area contributed by atoms with Crippen LogP contribution >= 0.6 is 0 Å². The predicted octanol–water partition coefficient (Wildman–Crippen LogP) is 2.28. The smallest absolute Gasteiger partial charge is 0.254 e. The van der Waals surface area contributed by atoms with Crippen molar-refractivity contribution in [2.75, 3.05) is 0 Å². The van der Waals surface area contributed by atoms with Crippen molar-refractivity contribution >= 4 is 5.78 Å². The highest BCUT2D eigenvalue weighted by molar-refractivity contribution is 5.61. The Labute approximate surface area is 165 Å². The molecular weight excluding hydrogens is 368 g/mol. The van der Waals surface area contributed by atoms with E-state index in [2.05, 4.69) is 30.2 Å². The van der Waals surface area contributed by atoms with Crippen LogP contribution in [0.4, 0.5) is 0 Å². The minimum Gasteiger partial charge on any atom is -0.505 e. The molecule has 0 saturated carbocycles. The summed E-state index contributed by atoms with van der Waals surface area (Å²) < 4.78 is 3.65. The Hall–Kier alpha value is -4.14. The molecule has 0 bridgehead atoms. The Morgan fingerprint density at radius 2 is 1.72 bits per heavy atom. The second-order valence-corrected chi connectivity index (χ2v) is 6.67. The maximum absolute atomic E-state index is 9.38. The fraction of sp³-hybridized carbons (Fsp3) is 0.100. The molecule has 0 atom stereocenters. The fourth-order valence-corrected chi connectivity index (χ4v) is 3.15. The van der Waals surface area contributed by atoms with Gasteiger partial charge >= 0.3 is 0 Å². The van der Waals surface area contributed by atoms with Crippen LogP contribution in [0.5, 0.6) is 5.75 Å². The van der Waals surface area contributed by atoms with E-state index in [1.165, 1.54) is 12.4 Å². The molecule has 4 heterocycles. The van der Waals surface area contributed by atoms with Crippen LogP contribution in [0.25, 0.3) is 28.3 Å². The van der Waals surface area contributed by atoms with Crippen molar-refractivity contribution in [2.24, 2.45) is 7.05 Å². The van der Waals surface area contributed by atoms with Crippen molar-refractivity contribution in [3.8, 4) is 28.3 Å². The van der Waals surface area contributed by atoms with Crippen LogP contribution in [0.1, 0.15) is 11.4 Å². The zero-order valence-electron chi connectivity index (χ0n) is 15.5. The monoisotopic (exact) mass is 384 g/mol. The molecule has 0 fully saturated rings. The molecule has 0 aliphatic carbocycles. The first-order chi connectivity index (χ1) is 14.2. The molecule has 1 N–H and O–H groups in total. The fourth-order valence-electron chi connectivity index (χ4n) is 3.15. The Kier molecular flexibility index (Phi) is 3.98. The van der Waals surface area contributed by atoms with Crippen molar-refractivity contribution in [2.45, 2.75) is 6.42 Å². The van der Waals surface area contributed by atoms with E-state index in [1.54, 1.807) is 17.1 Å². The second-order valence-electron chi connectivity index (χ2n) is 6.67. The van der Waals surface area contributed by atoms with Gasteiger partial charge in [-0.15, -0.1) is 10.2 Å². The molecule has 0 unspecified atom stereocenters. The third kappa shape index (κ3) is 3.29. The summed E-state index contributed by atoms with van der Waals surface area (Å²) in [6.07, 6.45) is 10.8. The number of aromatic nitrogens is 8. The van der Waals surface area contributed by atoms with Gasteiger partial charge in [0.1, 0.15) is 5.82 Å². The van der Waals surface area contributed by atoms with Gasteiger partial charge in [0, 0.05) is 48.7 Å². The highest BCUT2D eigenvalue weighted by atomic mass is 16.3. The topological polar surface area (TPSA) is 107 Å². The van der Waals surface area contributed by atoms with E-state index in [-0.39, 0.29) is 5.75 Å². The average molecular weight is 384 g/mol. The van der Waals surface area contributed by atoms with E-state index in [0.717, 1.165) is 28.1 Å². The first-order valence-electron chi connectivity index (χ1n) is 8.95. The number of benzene rings is 1. The molecule has 9 heteroatoms. The molecule has 0 saturated heterocycles. The van der Waals surface area contributed by atoms with Crippen molar-refractivity contribution in [1.29, 1.82) is 0 Å². The lowest BCUT2D eigenvalue weighted by Crippen LogP contribution is -1.98. The quantitative estimate of drug-likeness (QED) is 0.506. The van der Waals surface area contributed by atoms with E-state index >= 15 is 0 Å². The summed E-state index contributed by atoms with van der Waals surface area (Å²) in [5.74, 6) is 1.92.